The van der Waals surface area contributed by atoms with Gasteiger partial charge in [-0.3, -0.25) is 9.79 Å². The summed E-state index contributed by atoms with van der Waals surface area (Å²) >= 11 is 0. The van der Waals surface area contributed by atoms with Crippen LogP contribution in [0.25, 0.3) is 5.57 Å². The van der Waals surface area contributed by atoms with E-state index in [9.17, 15) is 13.6 Å². The molecule has 274 valence electrons. The normalized spacial score (nSPS) is 14.8. The van der Waals surface area contributed by atoms with Gasteiger partial charge in [0, 0.05) is 30.7 Å². The summed E-state index contributed by atoms with van der Waals surface area (Å²) in [5.41, 5.74) is 8.41. The average molecular weight is 682 g/mol. The molecule has 4 rings (SSSR count). The maximum absolute atomic E-state index is 12.3. The third-order valence-corrected chi connectivity index (χ3v) is 8.32. The lowest BCUT2D eigenvalue weighted by Gasteiger charge is -2.15. The number of halogens is 2. The number of aryl methyl sites for hydroxylation is 3. The van der Waals surface area contributed by atoms with Crippen LogP contribution < -0.4 is 0 Å². The fourth-order valence-corrected chi connectivity index (χ4v) is 5.58. The lowest BCUT2D eigenvalue weighted by Crippen LogP contribution is -2.10. The summed E-state index contributed by atoms with van der Waals surface area (Å²) in [6, 6.07) is 15.0. The predicted octanol–water partition coefficient (Wildman–Crippen LogP) is 11.9. The molecule has 0 saturated heterocycles. The average Bonchev–Trinajstić information content (AvgIpc) is 3.31. The van der Waals surface area contributed by atoms with Crippen LogP contribution in [-0.2, 0) is 11.2 Å². The van der Waals surface area contributed by atoms with E-state index in [1.165, 1.54) is 53.7 Å². The zero-order valence-electron chi connectivity index (χ0n) is 31.8. The van der Waals surface area contributed by atoms with Crippen molar-refractivity contribution < 1.29 is 23.8 Å². The van der Waals surface area contributed by atoms with E-state index in [0.29, 0.717) is 30.1 Å². The number of alkyl halides is 2. The number of nitrogens with zero attached hydrogens (tertiary/aromatic N) is 1. The lowest BCUT2D eigenvalue weighted by atomic mass is 9.89. The minimum Gasteiger partial charge on any atom is -0.412 e. The molecule has 2 aromatic carbocycles. The van der Waals surface area contributed by atoms with Crippen molar-refractivity contribution in [3.8, 4) is 0 Å². The fourth-order valence-electron chi connectivity index (χ4n) is 5.58. The van der Waals surface area contributed by atoms with Crippen molar-refractivity contribution in [2.45, 2.75) is 133 Å². The van der Waals surface area contributed by atoms with Gasteiger partial charge in [-0.25, -0.2) is 8.78 Å². The predicted molar refractivity (Wildman–Crippen MR) is 207 cm³/mol. The number of fused-ring (bicyclic) bond motifs is 1. The molecule has 2 N–H and O–H groups in total. The third-order valence-electron chi connectivity index (χ3n) is 8.32. The Balaban J connectivity index is 0.000000702. The van der Waals surface area contributed by atoms with Crippen molar-refractivity contribution in [1.29, 1.82) is 0 Å². The first-order valence-electron chi connectivity index (χ1n) is 18.2. The minimum atomic E-state index is -2.17. The van der Waals surface area contributed by atoms with Crippen LogP contribution in [0, 0.1) is 25.7 Å². The van der Waals surface area contributed by atoms with Crippen LogP contribution in [0.3, 0.4) is 0 Å². The van der Waals surface area contributed by atoms with Gasteiger partial charge in [0.15, 0.2) is 5.78 Å². The molecule has 4 nitrogen and oxygen atoms in total. The Morgan fingerprint density at radius 1 is 0.918 bits per heavy atom. The second-order valence-electron chi connectivity index (χ2n) is 12.7. The molecule has 6 heteroatoms. The maximum Gasteiger partial charge on any atom is 0.235 e. The summed E-state index contributed by atoms with van der Waals surface area (Å²) in [5, 5.41) is 0. The molecule has 2 atom stereocenters. The molecule has 0 fully saturated rings. The number of allylic oxidation sites excluding steroid dienone is 5. The maximum atomic E-state index is 12.3. The summed E-state index contributed by atoms with van der Waals surface area (Å²) in [6.07, 6.45) is 18.9. The summed E-state index contributed by atoms with van der Waals surface area (Å²) in [4.78, 5) is 16.9. The number of carbonyl (C=O) groups is 1. The first-order chi connectivity index (χ1) is 23.0. The van der Waals surface area contributed by atoms with E-state index >= 15 is 0 Å². The van der Waals surface area contributed by atoms with Gasteiger partial charge in [-0.1, -0.05) is 127 Å². The van der Waals surface area contributed by atoms with E-state index in [2.05, 4.69) is 108 Å². The molecule has 0 spiro atoms. The van der Waals surface area contributed by atoms with Gasteiger partial charge in [0.2, 0.25) is 6.43 Å². The van der Waals surface area contributed by atoms with E-state index in [4.69, 9.17) is 4.74 Å². The Labute approximate surface area is 297 Å². The quantitative estimate of drug-likeness (QED) is 0.156. The van der Waals surface area contributed by atoms with Gasteiger partial charge in [0.1, 0.15) is 0 Å². The van der Waals surface area contributed by atoms with Gasteiger partial charge in [0.25, 0.3) is 0 Å². The highest BCUT2D eigenvalue weighted by Gasteiger charge is 2.22. The van der Waals surface area contributed by atoms with Crippen LogP contribution in [0.2, 0.25) is 0 Å². The van der Waals surface area contributed by atoms with Gasteiger partial charge in [0.05, 0.1) is 11.8 Å². The molecule has 1 heterocycles. The second-order valence-corrected chi connectivity index (χ2v) is 12.7. The molecule has 0 amide bonds. The van der Waals surface area contributed by atoms with Crippen LogP contribution in [0.1, 0.15) is 132 Å². The van der Waals surface area contributed by atoms with Crippen molar-refractivity contribution in [3.63, 3.8) is 0 Å². The third kappa shape index (κ3) is 18.4. The second kappa shape index (κ2) is 26.6. The Hall–Kier alpha value is -3.22. The van der Waals surface area contributed by atoms with E-state index in [0.717, 1.165) is 50.3 Å². The molecule has 0 saturated carbocycles. The van der Waals surface area contributed by atoms with Crippen LogP contribution in [-0.4, -0.2) is 36.1 Å². The number of aliphatic imine (C=N–C) groups is 1. The molecule has 0 aromatic heterocycles. The monoisotopic (exact) mass is 681 g/mol. The molecular formula is C43H65F2NO3. The highest BCUT2D eigenvalue weighted by Crippen LogP contribution is 2.32. The van der Waals surface area contributed by atoms with Crippen molar-refractivity contribution >= 4 is 17.1 Å². The molecule has 2 aliphatic rings. The van der Waals surface area contributed by atoms with Crippen molar-refractivity contribution in [1.82, 2.24) is 0 Å². The lowest BCUT2D eigenvalue weighted by molar-refractivity contribution is 0.0641. The molecule has 1 aliphatic heterocycles. The van der Waals surface area contributed by atoms with E-state index in [1.807, 2.05) is 25.3 Å². The van der Waals surface area contributed by atoms with Gasteiger partial charge in [-0.05, 0) is 87.6 Å². The molecule has 1 aliphatic carbocycles. The van der Waals surface area contributed by atoms with Gasteiger partial charge < -0.3 is 10.2 Å². The molecule has 0 radical (unpaired) electrons. The molecule has 49 heavy (non-hydrogen) atoms. The van der Waals surface area contributed by atoms with Crippen molar-refractivity contribution in [2.24, 2.45) is 16.8 Å². The van der Waals surface area contributed by atoms with Crippen LogP contribution in [0.15, 0.2) is 78.0 Å². The Morgan fingerprint density at radius 2 is 1.55 bits per heavy atom. The topological polar surface area (TPSA) is 70.2 Å². The van der Waals surface area contributed by atoms with Crippen LogP contribution >= 0.6 is 0 Å². The van der Waals surface area contributed by atoms with Crippen LogP contribution in [0.4, 0.5) is 8.78 Å². The standard InChI is InChI=1S/C17H17N.C17H26O.C7H16O.C2H4F2.H2O/c1-2-13-8-10-14(11-9-13)16-12-18-17-7-5-3-4-6-15(16)17;1-5-7-15(8-6-2)12-17(18)16-10-9-13(3)11-14(16)4;1-4-6-8-7(3)5-2;1-2(3)4;/h4-12,15H,2-3H2,1H3;9-11,15H,5-8,12H2,1-4H3;7H,4-6H2,1-3H3;2H,1H3;1H2/t;;7-;;/m..1../s1. The van der Waals surface area contributed by atoms with E-state index in [-0.39, 0.29) is 5.48 Å². The smallest absolute Gasteiger partial charge is 0.235 e. The summed E-state index contributed by atoms with van der Waals surface area (Å²) < 4.78 is 26.0. The Morgan fingerprint density at radius 3 is 2.08 bits per heavy atom. The minimum absolute atomic E-state index is 0. The van der Waals surface area contributed by atoms with Crippen LogP contribution in [0.5, 0.6) is 0 Å². The van der Waals surface area contributed by atoms with E-state index < -0.39 is 6.43 Å². The molecular weight excluding hydrogens is 616 g/mol. The number of ketones is 1. The number of ether oxygens (including phenoxy) is 1. The highest BCUT2D eigenvalue weighted by atomic mass is 19.3. The van der Waals surface area contributed by atoms with Crippen molar-refractivity contribution in [2.75, 3.05) is 6.61 Å². The largest absolute Gasteiger partial charge is 0.412 e. The zero-order valence-corrected chi connectivity index (χ0v) is 31.8. The number of hydrogen-bond donors (Lipinski definition) is 0. The first kappa shape index (κ1) is 45.8. The SMILES string of the molecule is CC(F)F.CCCC(CCC)CC(=O)c1ccc(C)cc1C.CCCO[C@H](C)CC.CCc1ccc(C2=CN=C3C=CCC=CC23)cc1.O. The van der Waals surface area contributed by atoms with Crippen molar-refractivity contribution in [3.05, 3.63) is 101 Å². The summed E-state index contributed by atoms with van der Waals surface area (Å²) in [7, 11) is 0. The Bertz CT molecular complexity index is 1300. The highest BCUT2D eigenvalue weighted by molar-refractivity contribution is 6.09. The van der Waals surface area contributed by atoms with Gasteiger partial charge >= 0.3 is 0 Å². The molecule has 1 unspecified atom stereocenters. The first-order valence-corrected chi connectivity index (χ1v) is 18.2. The van der Waals surface area contributed by atoms with E-state index in [1.54, 1.807) is 0 Å². The van der Waals surface area contributed by atoms with Gasteiger partial charge in [-0.15, -0.1) is 0 Å². The molecule has 0 bridgehead atoms. The summed E-state index contributed by atoms with van der Waals surface area (Å²) in [6.45, 7) is 18.8. The summed E-state index contributed by atoms with van der Waals surface area (Å²) in [5.74, 6) is 1.23. The zero-order chi connectivity index (χ0) is 35.9. The fraction of sp³-hybridized carbons (Fsp3) is 0.535. The number of Topliss-reactive ketones (excluding diaryl/α,β-unsaturated/α-hetero) is 1. The number of benzene rings is 2. The number of carbonyl (C=O) groups excluding carboxylic acids is 1. The number of hydrogen-bond acceptors (Lipinski definition) is 3. The molecule has 2 aromatic rings. The Kier molecular flexibility index (Phi) is 24.9. The number of rotatable bonds is 13. The van der Waals surface area contributed by atoms with Gasteiger partial charge in [-0.2, -0.15) is 0 Å².